The number of nitrogens with one attached hydrogen (secondary N) is 1. The third-order valence-electron chi connectivity index (χ3n) is 3.33. The fraction of sp³-hybridized carbons (Fsp3) is 0.500. The predicted molar refractivity (Wildman–Crippen MR) is 70.8 cm³/mol. The molecule has 1 saturated heterocycles. The number of primary amides is 1. The van der Waals surface area contributed by atoms with Gasteiger partial charge in [-0.05, 0) is 50.1 Å². The summed E-state index contributed by atoms with van der Waals surface area (Å²) in [7, 11) is 0. The number of benzene rings is 1. The molecule has 0 spiro atoms. The molecular weight excluding hydrogens is 228 g/mol. The summed E-state index contributed by atoms with van der Waals surface area (Å²) >= 11 is 0. The Morgan fingerprint density at radius 3 is 3.00 bits per heavy atom. The van der Waals surface area contributed by atoms with E-state index < -0.39 is 5.91 Å². The van der Waals surface area contributed by atoms with E-state index in [2.05, 4.69) is 5.32 Å². The Morgan fingerprint density at radius 1 is 1.56 bits per heavy atom. The molecule has 1 heterocycles. The van der Waals surface area contributed by atoms with Crippen molar-refractivity contribution in [3.8, 4) is 5.75 Å². The van der Waals surface area contributed by atoms with Crippen LogP contribution >= 0.6 is 0 Å². The Kier molecular flexibility index (Phi) is 4.20. The van der Waals surface area contributed by atoms with E-state index in [1.54, 1.807) is 12.1 Å². The van der Waals surface area contributed by atoms with Crippen LogP contribution in [-0.2, 0) is 0 Å². The maximum atomic E-state index is 11.0. The largest absolute Gasteiger partial charge is 0.493 e. The maximum absolute atomic E-state index is 11.0. The predicted octanol–water partition coefficient (Wildman–Crippen LogP) is 1.47. The molecule has 1 unspecified atom stereocenters. The van der Waals surface area contributed by atoms with Gasteiger partial charge in [-0.2, -0.15) is 0 Å². The second kappa shape index (κ2) is 5.87. The molecular formula is C14H20N2O2. The van der Waals surface area contributed by atoms with Gasteiger partial charge in [0.15, 0.2) is 0 Å². The van der Waals surface area contributed by atoms with Gasteiger partial charge in [0.25, 0.3) is 0 Å². The summed E-state index contributed by atoms with van der Waals surface area (Å²) in [5.74, 6) is 1.01. The van der Waals surface area contributed by atoms with Crippen molar-refractivity contribution < 1.29 is 9.53 Å². The van der Waals surface area contributed by atoms with Crippen LogP contribution in [-0.4, -0.2) is 25.6 Å². The molecule has 0 aliphatic carbocycles. The van der Waals surface area contributed by atoms with E-state index in [0.29, 0.717) is 11.5 Å². The average Bonchev–Trinajstić information content (AvgIpc) is 2.38. The average molecular weight is 248 g/mol. The minimum absolute atomic E-state index is 0.402. The Morgan fingerprint density at radius 2 is 2.39 bits per heavy atom. The summed E-state index contributed by atoms with van der Waals surface area (Å²) in [5, 5.41) is 3.37. The van der Waals surface area contributed by atoms with Crippen LogP contribution in [0.5, 0.6) is 5.75 Å². The molecule has 0 aromatic heterocycles. The highest BCUT2D eigenvalue weighted by Gasteiger charge is 2.14. The van der Waals surface area contributed by atoms with Gasteiger partial charge in [-0.15, -0.1) is 0 Å². The zero-order valence-electron chi connectivity index (χ0n) is 10.7. The minimum Gasteiger partial charge on any atom is -0.493 e. The quantitative estimate of drug-likeness (QED) is 0.848. The van der Waals surface area contributed by atoms with E-state index in [1.807, 2.05) is 13.0 Å². The Bertz CT molecular complexity index is 426. The molecule has 0 radical (unpaired) electrons. The summed E-state index contributed by atoms with van der Waals surface area (Å²) in [6.45, 7) is 4.80. The van der Waals surface area contributed by atoms with Crippen molar-refractivity contribution >= 4 is 5.91 Å². The number of nitrogens with two attached hydrogens (primary N) is 1. The SMILES string of the molecule is Cc1cc(C(N)=O)ccc1OCC1CCCNC1. The van der Waals surface area contributed by atoms with Crippen molar-refractivity contribution in [2.75, 3.05) is 19.7 Å². The molecule has 4 nitrogen and oxygen atoms in total. The highest BCUT2D eigenvalue weighted by molar-refractivity contribution is 5.93. The fourth-order valence-electron chi connectivity index (χ4n) is 2.24. The van der Waals surface area contributed by atoms with Crippen LogP contribution in [0.3, 0.4) is 0 Å². The van der Waals surface area contributed by atoms with E-state index >= 15 is 0 Å². The van der Waals surface area contributed by atoms with Crippen molar-refractivity contribution in [3.05, 3.63) is 29.3 Å². The molecule has 1 atom stereocenters. The van der Waals surface area contributed by atoms with Crippen molar-refractivity contribution in [2.24, 2.45) is 11.7 Å². The van der Waals surface area contributed by atoms with Crippen LogP contribution < -0.4 is 15.8 Å². The first-order valence-corrected chi connectivity index (χ1v) is 6.41. The van der Waals surface area contributed by atoms with Gasteiger partial charge >= 0.3 is 0 Å². The molecule has 4 heteroatoms. The number of amides is 1. The van der Waals surface area contributed by atoms with Crippen molar-refractivity contribution in [1.29, 1.82) is 0 Å². The first kappa shape index (κ1) is 12.9. The second-order valence-electron chi connectivity index (χ2n) is 4.87. The van der Waals surface area contributed by atoms with E-state index in [0.717, 1.165) is 31.0 Å². The summed E-state index contributed by atoms with van der Waals surface area (Å²) < 4.78 is 5.82. The zero-order valence-corrected chi connectivity index (χ0v) is 10.7. The van der Waals surface area contributed by atoms with Crippen LogP contribution in [0.2, 0.25) is 0 Å². The summed E-state index contributed by atoms with van der Waals surface area (Å²) in [6.07, 6.45) is 2.43. The summed E-state index contributed by atoms with van der Waals surface area (Å²) in [6, 6.07) is 5.31. The van der Waals surface area contributed by atoms with Crippen molar-refractivity contribution in [2.45, 2.75) is 19.8 Å². The van der Waals surface area contributed by atoms with Gasteiger partial charge in [-0.1, -0.05) is 0 Å². The molecule has 1 aromatic carbocycles. The van der Waals surface area contributed by atoms with Crippen LogP contribution in [0.1, 0.15) is 28.8 Å². The maximum Gasteiger partial charge on any atom is 0.248 e. The summed E-state index contributed by atoms with van der Waals surface area (Å²) in [4.78, 5) is 11.0. The van der Waals surface area contributed by atoms with E-state index in [4.69, 9.17) is 10.5 Å². The molecule has 2 rings (SSSR count). The van der Waals surface area contributed by atoms with Gasteiger partial charge in [0.2, 0.25) is 5.91 Å². The third kappa shape index (κ3) is 3.23. The fourth-order valence-corrected chi connectivity index (χ4v) is 2.24. The molecule has 18 heavy (non-hydrogen) atoms. The highest BCUT2D eigenvalue weighted by atomic mass is 16.5. The van der Waals surface area contributed by atoms with Crippen LogP contribution in [0.25, 0.3) is 0 Å². The Hall–Kier alpha value is -1.55. The lowest BCUT2D eigenvalue weighted by molar-refractivity contribution is 0.1000. The molecule has 0 bridgehead atoms. The minimum atomic E-state index is -0.402. The number of piperidine rings is 1. The topological polar surface area (TPSA) is 64.4 Å². The molecule has 1 amide bonds. The number of aryl methyl sites for hydroxylation is 1. The highest BCUT2D eigenvalue weighted by Crippen LogP contribution is 2.20. The number of hydrogen-bond acceptors (Lipinski definition) is 3. The van der Waals surface area contributed by atoms with Gasteiger partial charge in [0.05, 0.1) is 6.61 Å². The smallest absolute Gasteiger partial charge is 0.248 e. The molecule has 1 fully saturated rings. The Balaban J connectivity index is 1.94. The molecule has 98 valence electrons. The van der Waals surface area contributed by atoms with Crippen LogP contribution in [0.15, 0.2) is 18.2 Å². The first-order valence-electron chi connectivity index (χ1n) is 6.41. The van der Waals surface area contributed by atoms with Gasteiger partial charge in [0, 0.05) is 18.0 Å². The van der Waals surface area contributed by atoms with Crippen LogP contribution in [0.4, 0.5) is 0 Å². The lowest BCUT2D eigenvalue weighted by Gasteiger charge is -2.23. The number of rotatable bonds is 4. The number of carbonyl (C=O) groups is 1. The third-order valence-corrected chi connectivity index (χ3v) is 3.33. The van der Waals surface area contributed by atoms with E-state index in [-0.39, 0.29) is 0 Å². The zero-order chi connectivity index (χ0) is 13.0. The summed E-state index contributed by atoms with van der Waals surface area (Å²) in [5.41, 5.74) is 6.72. The number of ether oxygens (including phenoxy) is 1. The number of carbonyl (C=O) groups excluding carboxylic acids is 1. The number of hydrogen-bond donors (Lipinski definition) is 2. The van der Waals surface area contributed by atoms with Crippen molar-refractivity contribution in [1.82, 2.24) is 5.32 Å². The lowest BCUT2D eigenvalue weighted by Crippen LogP contribution is -2.33. The molecule has 1 aromatic rings. The van der Waals surface area contributed by atoms with Crippen molar-refractivity contribution in [3.63, 3.8) is 0 Å². The molecule has 1 aliphatic rings. The normalized spacial score (nSPS) is 19.5. The van der Waals surface area contributed by atoms with Gasteiger partial charge in [0.1, 0.15) is 5.75 Å². The lowest BCUT2D eigenvalue weighted by atomic mass is 10.0. The monoisotopic (exact) mass is 248 g/mol. The molecule has 1 aliphatic heterocycles. The Labute approximate surface area is 108 Å². The molecule has 3 N–H and O–H groups in total. The van der Waals surface area contributed by atoms with Gasteiger partial charge in [-0.25, -0.2) is 0 Å². The van der Waals surface area contributed by atoms with Crippen LogP contribution in [0, 0.1) is 12.8 Å². The van der Waals surface area contributed by atoms with E-state index in [1.165, 1.54) is 12.8 Å². The van der Waals surface area contributed by atoms with Gasteiger partial charge in [-0.3, -0.25) is 4.79 Å². The first-order chi connectivity index (χ1) is 8.66. The van der Waals surface area contributed by atoms with Gasteiger partial charge < -0.3 is 15.8 Å². The van der Waals surface area contributed by atoms with E-state index in [9.17, 15) is 4.79 Å². The standard InChI is InChI=1S/C14H20N2O2/c1-10-7-12(14(15)17)4-5-13(10)18-9-11-3-2-6-16-8-11/h4-5,7,11,16H,2-3,6,8-9H2,1H3,(H2,15,17). The second-order valence-corrected chi connectivity index (χ2v) is 4.87. The molecule has 0 saturated carbocycles.